The van der Waals surface area contributed by atoms with E-state index in [0.29, 0.717) is 28.7 Å². The summed E-state index contributed by atoms with van der Waals surface area (Å²) in [6.07, 6.45) is 1.43. The molecular weight excluding hydrogens is 528 g/mol. The summed E-state index contributed by atoms with van der Waals surface area (Å²) >= 11 is 6.18. The molecule has 4 amide bonds. The largest absolute Gasteiger partial charge is 0.489 e. The van der Waals surface area contributed by atoms with Gasteiger partial charge in [0.2, 0.25) is 0 Å². The van der Waals surface area contributed by atoms with E-state index in [1.807, 2.05) is 49.4 Å². The first kappa shape index (κ1) is 26.7. The average Bonchev–Trinajstić information content (AvgIpc) is 2.96. The van der Waals surface area contributed by atoms with Crippen LogP contribution in [-0.2, 0) is 22.8 Å². The highest BCUT2D eigenvalue weighted by molar-refractivity contribution is 6.39. The van der Waals surface area contributed by atoms with E-state index in [9.17, 15) is 14.4 Å². The Morgan fingerprint density at radius 1 is 0.800 bits per heavy atom. The molecule has 0 bridgehead atoms. The first-order valence-corrected chi connectivity index (χ1v) is 12.9. The fraction of sp³-hybridized carbons (Fsp3) is 0.0938. The molecule has 40 heavy (non-hydrogen) atoms. The summed E-state index contributed by atoms with van der Waals surface area (Å²) in [7, 11) is 0. The van der Waals surface area contributed by atoms with Crippen molar-refractivity contribution in [2.75, 3.05) is 4.90 Å². The van der Waals surface area contributed by atoms with Crippen LogP contribution >= 0.6 is 11.6 Å². The number of para-hydroxylation sites is 1. The molecule has 1 heterocycles. The van der Waals surface area contributed by atoms with E-state index in [1.54, 1.807) is 54.6 Å². The number of benzene rings is 4. The molecule has 0 unspecified atom stereocenters. The van der Waals surface area contributed by atoms with E-state index in [1.165, 1.54) is 6.08 Å². The lowest BCUT2D eigenvalue weighted by Crippen LogP contribution is -2.54. The van der Waals surface area contributed by atoms with Crippen LogP contribution in [0.3, 0.4) is 0 Å². The summed E-state index contributed by atoms with van der Waals surface area (Å²) in [5.74, 6) is -0.495. The summed E-state index contributed by atoms with van der Waals surface area (Å²) in [6.45, 7) is 2.59. The summed E-state index contributed by atoms with van der Waals surface area (Å²) in [5.41, 5.74) is 3.59. The van der Waals surface area contributed by atoms with E-state index in [-0.39, 0.29) is 17.9 Å². The Labute approximate surface area is 236 Å². The molecule has 0 aromatic heterocycles. The monoisotopic (exact) mass is 552 g/mol. The fourth-order valence-electron chi connectivity index (χ4n) is 4.09. The summed E-state index contributed by atoms with van der Waals surface area (Å²) in [5, 5.41) is 2.85. The maximum atomic E-state index is 13.4. The number of anilines is 1. The lowest BCUT2D eigenvalue weighted by Gasteiger charge is -2.26. The van der Waals surface area contributed by atoms with Crippen molar-refractivity contribution in [1.29, 1.82) is 0 Å². The number of barbiturate groups is 1. The van der Waals surface area contributed by atoms with Gasteiger partial charge in [-0.2, -0.15) is 0 Å². The quantitative estimate of drug-likeness (QED) is 0.200. The van der Waals surface area contributed by atoms with E-state index < -0.39 is 17.8 Å². The second-order valence-corrected chi connectivity index (χ2v) is 9.55. The van der Waals surface area contributed by atoms with Crippen LogP contribution in [-0.4, -0.2) is 17.8 Å². The Morgan fingerprint density at radius 2 is 1.50 bits per heavy atom. The van der Waals surface area contributed by atoms with Crippen LogP contribution in [0.15, 0.2) is 103 Å². The molecule has 0 saturated carbocycles. The Morgan fingerprint density at radius 3 is 2.25 bits per heavy atom. The third-order valence-electron chi connectivity index (χ3n) is 6.28. The smallest absolute Gasteiger partial charge is 0.335 e. The van der Waals surface area contributed by atoms with Crippen LogP contribution in [0.4, 0.5) is 10.5 Å². The number of amides is 4. The van der Waals surface area contributed by atoms with E-state index in [0.717, 1.165) is 21.6 Å². The number of halogens is 1. The summed E-state index contributed by atoms with van der Waals surface area (Å²) in [6, 6.07) is 28.0. The average molecular weight is 553 g/mol. The minimum atomic E-state index is -0.833. The molecule has 4 aromatic carbocycles. The molecule has 5 rings (SSSR count). The molecule has 7 nitrogen and oxygen atoms in total. The minimum Gasteiger partial charge on any atom is -0.489 e. The number of imide groups is 2. The fourth-order valence-corrected chi connectivity index (χ4v) is 4.28. The summed E-state index contributed by atoms with van der Waals surface area (Å²) in [4.78, 5) is 39.7. The number of rotatable bonds is 8. The Bertz CT molecular complexity index is 1600. The number of nitrogens with zero attached hydrogens (tertiary/aromatic N) is 1. The number of hydrogen-bond acceptors (Lipinski definition) is 5. The van der Waals surface area contributed by atoms with Crippen molar-refractivity contribution in [2.24, 2.45) is 0 Å². The maximum Gasteiger partial charge on any atom is 0.335 e. The van der Waals surface area contributed by atoms with Crippen LogP contribution in [0.2, 0.25) is 5.02 Å². The lowest BCUT2D eigenvalue weighted by atomic mass is 10.1. The van der Waals surface area contributed by atoms with Gasteiger partial charge in [-0.05, 0) is 55.0 Å². The van der Waals surface area contributed by atoms with Gasteiger partial charge in [0.1, 0.15) is 30.3 Å². The van der Waals surface area contributed by atoms with Gasteiger partial charge in [-0.3, -0.25) is 14.9 Å². The van der Waals surface area contributed by atoms with Gasteiger partial charge in [0.05, 0.1) is 5.69 Å². The predicted molar refractivity (Wildman–Crippen MR) is 153 cm³/mol. The topological polar surface area (TPSA) is 84.9 Å². The van der Waals surface area contributed by atoms with Crippen molar-refractivity contribution in [3.63, 3.8) is 0 Å². The number of carbonyl (C=O) groups is 3. The molecule has 4 aromatic rings. The van der Waals surface area contributed by atoms with Gasteiger partial charge >= 0.3 is 6.03 Å². The van der Waals surface area contributed by atoms with Crippen LogP contribution in [0.25, 0.3) is 6.08 Å². The molecule has 1 fully saturated rings. The highest BCUT2D eigenvalue weighted by Gasteiger charge is 2.37. The zero-order valence-electron chi connectivity index (χ0n) is 21.6. The van der Waals surface area contributed by atoms with Gasteiger partial charge in [-0.25, -0.2) is 9.69 Å². The first-order chi connectivity index (χ1) is 19.4. The number of carbonyl (C=O) groups excluding carboxylic acids is 3. The highest BCUT2D eigenvalue weighted by atomic mass is 35.5. The SMILES string of the molecule is Cc1ccc(COc2ccccc2/C=C2\C(=O)NC(=O)N(c3ccc(OCc4ccccc4Cl)cc3)C2=O)cc1. The number of ether oxygens (including phenoxy) is 2. The van der Waals surface area contributed by atoms with Gasteiger partial charge < -0.3 is 9.47 Å². The molecule has 0 aliphatic carbocycles. The maximum absolute atomic E-state index is 13.4. The van der Waals surface area contributed by atoms with Crippen molar-refractivity contribution in [2.45, 2.75) is 20.1 Å². The molecule has 200 valence electrons. The van der Waals surface area contributed by atoms with Gasteiger partial charge in [0.25, 0.3) is 11.8 Å². The van der Waals surface area contributed by atoms with Crippen molar-refractivity contribution in [3.8, 4) is 11.5 Å². The minimum absolute atomic E-state index is 0.190. The van der Waals surface area contributed by atoms with Crippen LogP contribution in [0, 0.1) is 6.92 Å². The zero-order chi connectivity index (χ0) is 28.1. The van der Waals surface area contributed by atoms with E-state index >= 15 is 0 Å². The van der Waals surface area contributed by atoms with E-state index in [2.05, 4.69) is 5.32 Å². The molecule has 1 aliphatic rings. The number of urea groups is 1. The predicted octanol–water partition coefficient (Wildman–Crippen LogP) is 6.47. The summed E-state index contributed by atoms with van der Waals surface area (Å²) < 4.78 is 11.8. The number of aryl methyl sites for hydroxylation is 1. The lowest BCUT2D eigenvalue weighted by molar-refractivity contribution is -0.122. The van der Waals surface area contributed by atoms with Crippen LogP contribution in [0.1, 0.15) is 22.3 Å². The van der Waals surface area contributed by atoms with Gasteiger partial charge in [-0.1, -0.05) is 77.8 Å². The Hall–Kier alpha value is -4.88. The van der Waals surface area contributed by atoms with E-state index in [4.69, 9.17) is 21.1 Å². The van der Waals surface area contributed by atoms with Crippen LogP contribution < -0.4 is 19.7 Å². The second kappa shape index (κ2) is 11.9. The van der Waals surface area contributed by atoms with Crippen molar-refractivity contribution >= 4 is 41.2 Å². The molecule has 1 N–H and O–H groups in total. The van der Waals surface area contributed by atoms with Gasteiger partial charge in [-0.15, -0.1) is 0 Å². The Balaban J connectivity index is 1.33. The third-order valence-corrected chi connectivity index (χ3v) is 6.65. The zero-order valence-corrected chi connectivity index (χ0v) is 22.4. The molecule has 1 saturated heterocycles. The molecular formula is C32H25ClN2O5. The third kappa shape index (κ3) is 6.06. The molecule has 0 atom stereocenters. The first-order valence-electron chi connectivity index (χ1n) is 12.5. The second-order valence-electron chi connectivity index (χ2n) is 9.14. The number of nitrogens with one attached hydrogen (secondary N) is 1. The molecule has 1 aliphatic heterocycles. The Kier molecular flexibility index (Phi) is 7.94. The van der Waals surface area contributed by atoms with Gasteiger partial charge in [0, 0.05) is 16.1 Å². The molecule has 0 radical (unpaired) electrons. The number of hydrogen-bond donors (Lipinski definition) is 1. The molecule has 0 spiro atoms. The van der Waals surface area contributed by atoms with Gasteiger partial charge in [0.15, 0.2) is 0 Å². The normalized spacial score (nSPS) is 14.3. The molecule has 8 heteroatoms. The van der Waals surface area contributed by atoms with Crippen molar-refractivity contribution in [3.05, 3.63) is 130 Å². The van der Waals surface area contributed by atoms with Crippen molar-refractivity contribution in [1.82, 2.24) is 5.32 Å². The van der Waals surface area contributed by atoms with Crippen molar-refractivity contribution < 1.29 is 23.9 Å². The van der Waals surface area contributed by atoms with Crippen LogP contribution in [0.5, 0.6) is 11.5 Å². The standard InChI is InChI=1S/C32H25ClN2O5/c1-21-10-12-22(13-11-21)19-40-29-9-5-3-6-23(29)18-27-30(36)34-32(38)35(31(27)37)25-14-16-26(17-15-25)39-20-24-7-2-4-8-28(24)33/h2-18H,19-20H2,1H3,(H,34,36,38)/b27-18+. The highest BCUT2D eigenvalue weighted by Crippen LogP contribution is 2.28.